The Morgan fingerprint density at radius 1 is 0.911 bits per heavy atom. The van der Waals surface area contributed by atoms with Crippen molar-refractivity contribution in [3.63, 3.8) is 0 Å². The van der Waals surface area contributed by atoms with E-state index in [9.17, 15) is 4.79 Å². The molecule has 9 nitrogen and oxygen atoms in total. The van der Waals surface area contributed by atoms with Gasteiger partial charge in [-0.3, -0.25) is 19.7 Å². The van der Waals surface area contributed by atoms with Crippen molar-refractivity contribution in [1.29, 1.82) is 0 Å². The van der Waals surface area contributed by atoms with Gasteiger partial charge in [0.1, 0.15) is 17.2 Å². The average molecular weight is 650 g/mol. The number of ether oxygens (including phenoxy) is 2. The predicted molar refractivity (Wildman–Crippen MR) is 178 cm³/mol. The first-order chi connectivity index (χ1) is 21.7. The lowest BCUT2D eigenvalue weighted by molar-refractivity contribution is -0.126. The van der Waals surface area contributed by atoms with Crippen LogP contribution < -0.4 is 14.8 Å². The van der Waals surface area contributed by atoms with E-state index in [1.807, 2.05) is 43.4 Å². The molecule has 2 aromatic heterocycles. The largest absolute Gasteiger partial charge is 0.480 e. The number of rotatable bonds is 12. The van der Waals surface area contributed by atoms with E-state index in [-0.39, 0.29) is 11.2 Å². The van der Waals surface area contributed by atoms with Crippen molar-refractivity contribution >= 4 is 29.0 Å². The van der Waals surface area contributed by atoms with Crippen LogP contribution in [0, 0.1) is 5.41 Å². The number of hydrogen-bond acceptors (Lipinski definition) is 9. The third kappa shape index (κ3) is 6.67. The number of hydrogen-bond donors (Lipinski definition) is 1. The fourth-order valence-corrected chi connectivity index (χ4v) is 6.75. The summed E-state index contributed by atoms with van der Waals surface area (Å²) in [6.45, 7) is 6.46. The molecule has 0 bridgehead atoms. The van der Waals surface area contributed by atoms with Crippen molar-refractivity contribution in [1.82, 2.24) is 30.2 Å². The fraction of sp³-hybridized carbons (Fsp3) is 0.382. The number of nitrogens with one attached hydrogen (secondary N) is 1. The summed E-state index contributed by atoms with van der Waals surface area (Å²) in [5.74, 6) is 1.12. The van der Waals surface area contributed by atoms with Gasteiger partial charge in [0.15, 0.2) is 0 Å². The molecule has 0 spiro atoms. The van der Waals surface area contributed by atoms with Crippen molar-refractivity contribution in [3.8, 4) is 45.4 Å². The topological polar surface area (TPSA) is 102 Å². The number of benzene rings is 2. The molecule has 4 aromatic rings. The highest BCUT2D eigenvalue weighted by Gasteiger charge is 2.41. The van der Waals surface area contributed by atoms with Crippen molar-refractivity contribution in [3.05, 3.63) is 70.2 Å². The van der Waals surface area contributed by atoms with E-state index in [1.54, 1.807) is 33.5 Å². The Morgan fingerprint density at radius 3 is 1.96 bits per heavy atom. The third-order valence-corrected chi connectivity index (χ3v) is 9.29. The van der Waals surface area contributed by atoms with Crippen LogP contribution in [0.5, 0.6) is 11.8 Å². The molecule has 3 heterocycles. The Bertz CT molecular complexity index is 1700. The molecule has 1 N–H and O–H groups in total. The van der Waals surface area contributed by atoms with Gasteiger partial charge in [0.2, 0.25) is 11.8 Å². The normalized spacial score (nSPS) is 16.6. The smallest absolute Gasteiger partial charge is 0.237 e. The zero-order chi connectivity index (χ0) is 32.1. The lowest BCUT2D eigenvalue weighted by atomic mass is 9.79. The molecule has 1 aliphatic rings. The maximum Gasteiger partial charge on any atom is 0.237 e. The van der Waals surface area contributed by atoms with E-state index >= 15 is 0 Å². The highest BCUT2D eigenvalue weighted by atomic mass is 35.5. The maximum atomic E-state index is 12.5. The number of aromatic nitrogens is 4. The van der Waals surface area contributed by atoms with Crippen LogP contribution in [0.2, 0.25) is 10.0 Å². The van der Waals surface area contributed by atoms with Gasteiger partial charge in [-0.2, -0.15) is 0 Å². The SMILES string of the molecule is CCCC1(C(C)=O)CCN(Cc2ncc(-c3cccc(-c4cccc(-c5cnc(CNC)c(OC)n5)c4Cl)c3Cl)nc2OC)C1. The summed E-state index contributed by atoms with van der Waals surface area (Å²) in [5.41, 5.74) is 5.20. The molecule has 0 aliphatic carbocycles. The van der Waals surface area contributed by atoms with Crippen LogP contribution in [0.15, 0.2) is 48.8 Å². The number of likely N-dealkylation sites (tertiary alicyclic amines) is 1. The number of carbonyl (C=O) groups excluding carboxylic acids is 1. The molecule has 1 saturated heterocycles. The Balaban J connectivity index is 1.45. The van der Waals surface area contributed by atoms with Crippen LogP contribution in [0.25, 0.3) is 33.6 Å². The van der Waals surface area contributed by atoms with Gasteiger partial charge in [0.05, 0.1) is 48.0 Å². The summed E-state index contributed by atoms with van der Waals surface area (Å²) < 4.78 is 11.2. The number of carbonyl (C=O) groups is 1. The van der Waals surface area contributed by atoms with Gasteiger partial charge in [-0.1, -0.05) is 72.9 Å². The molecular weight excluding hydrogens is 611 g/mol. The standard InChI is InChI=1S/C34H38Cl2N6O3/c1-6-13-34(21(2)43)14-15-42(20-34)19-29-33(45-5)41-27(18-39-29)25-12-8-10-23(31(25)36)22-9-7-11-24(30(22)35)26-17-38-28(16-37-3)32(40-26)44-4/h7-12,17-18,37H,6,13-16,19-20H2,1-5H3. The Kier molecular flexibility index (Phi) is 10.3. The number of Topliss-reactive ketones (excluding diaryl/α,β-unsaturated/α-hetero) is 1. The quantitative estimate of drug-likeness (QED) is 0.176. The van der Waals surface area contributed by atoms with Gasteiger partial charge in [-0.05, 0) is 33.4 Å². The summed E-state index contributed by atoms with van der Waals surface area (Å²) in [7, 11) is 5.00. The van der Waals surface area contributed by atoms with Gasteiger partial charge in [-0.25, -0.2) is 9.97 Å². The van der Waals surface area contributed by atoms with E-state index in [1.165, 1.54) is 0 Å². The summed E-state index contributed by atoms with van der Waals surface area (Å²) in [5, 5.41) is 4.04. The lowest BCUT2D eigenvalue weighted by Gasteiger charge is -2.26. The number of nitrogens with zero attached hydrogens (tertiary/aromatic N) is 5. The first-order valence-corrected chi connectivity index (χ1v) is 15.8. The first kappa shape index (κ1) is 32.8. The molecule has 0 amide bonds. The molecular formula is C34H38Cl2N6O3. The second-order valence-corrected chi connectivity index (χ2v) is 12.1. The molecule has 236 valence electrons. The fourth-order valence-electron chi connectivity index (χ4n) is 6.10. The molecule has 45 heavy (non-hydrogen) atoms. The summed E-state index contributed by atoms with van der Waals surface area (Å²) in [4.78, 5) is 33.5. The highest BCUT2D eigenvalue weighted by molar-refractivity contribution is 6.39. The summed E-state index contributed by atoms with van der Waals surface area (Å²) in [6, 6.07) is 11.5. The van der Waals surface area contributed by atoms with Gasteiger partial charge in [0.25, 0.3) is 0 Å². The molecule has 1 atom stereocenters. The van der Waals surface area contributed by atoms with Crippen molar-refractivity contribution in [2.45, 2.75) is 46.2 Å². The van der Waals surface area contributed by atoms with Gasteiger partial charge < -0.3 is 14.8 Å². The molecule has 1 aliphatic heterocycles. The Morgan fingerprint density at radius 2 is 1.44 bits per heavy atom. The summed E-state index contributed by atoms with van der Waals surface area (Å²) in [6.07, 6.45) is 6.14. The third-order valence-electron chi connectivity index (χ3n) is 8.48. The van der Waals surface area contributed by atoms with Crippen molar-refractivity contribution in [2.24, 2.45) is 5.41 Å². The van der Waals surface area contributed by atoms with E-state index in [0.29, 0.717) is 63.1 Å². The molecule has 0 saturated carbocycles. The van der Waals surface area contributed by atoms with Crippen LogP contribution in [-0.2, 0) is 17.9 Å². The number of halogens is 2. The van der Waals surface area contributed by atoms with Crippen LogP contribution in [-0.4, -0.2) is 65.0 Å². The molecule has 2 aromatic carbocycles. The molecule has 5 rings (SSSR count). The number of ketones is 1. The van der Waals surface area contributed by atoms with Crippen LogP contribution >= 0.6 is 23.2 Å². The second kappa shape index (κ2) is 14.2. The minimum Gasteiger partial charge on any atom is -0.480 e. The molecule has 1 unspecified atom stereocenters. The van der Waals surface area contributed by atoms with E-state index < -0.39 is 0 Å². The highest BCUT2D eigenvalue weighted by Crippen LogP contribution is 2.42. The predicted octanol–water partition coefficient (Wildman–Crippen LogP) is 6.89. The minimum absolute atomic E-state index is 0.260. The zero-order valence-corrected chi connectivity index (χ0v) is 27.8. The van der Waals surface area contributed by atoms with Crippen molar-refractivity contribution < 1.29 is 14.3 Å². The summed E-state index contributed by atoms with van der Waals surface area (Å²) >= 11 is 14.1. The van der Waals surface area contributed by atoms with Crippen LogP contribution in [0.3, 0.4) is 0 Å². The lowest BCUT2D eigenvalue weighted by Crippen LogP contribution is -2.33. The first-order valence-electron chi connectivity index (χ1n) is 15.0. The van der Waals surface area contributed by atoms with Gasteiger partial charge >= 0.3 is 0 Å². The van der Waals surface area contributed by atoms with E-state index in [4.69, 9.17) is 42.6 Å². The van der Waals surface area contributed by atoms with Crippen molar-refractivity contribution in [2.75, 3.05) is 34.4 Å². The van der Waals surface area contributed by atoms with E-state index in [0.717, 1.165) is 49.2 Å². The minimum atomic E-state index is -0.281. The number of methoxy groups -OCH3 is 2. The second-order valence-electron chi connectivity index (χ2n) is 11.3. The van der Waals surface area contributed by atoms with Gasteiger partial charge in [-0.15, -0.1) is 0 Å². The Labute approximate surface area is 274 Å². The maximum absolute atomic E-state index is 12.5. The molecule has 11 heteroatoms. The van der Waals surface area contributed by atoms with Crippen LogP contribution in [0.4, 0.5) is 0 Å². The average Bonchev–Trinajstić information content (AvgIpc) is 3.46. The molecule has 0 radical (unpaired) electrons. The zero-order valence-electron chi connectivity index (χ0n) is 26.3. The molecule has 1 fully saturated rings. The van der Waals surface area contributed by atoms with E-state index in [2.05, 4.69) is 27.1 Å². The monoisotopic (exact) mass is 648 g/mol. The van der Waals surface area contributed by atoms with Crippen LogP contribution in [0.1, 0.15) is 44.5 Å². The van der Waals surface area contributed by atoms with Gasteiger partial charge in [0, 0.05) is 47.3 Å². The Hall–Kier alpha value is -3.63.